The Labute approximate surface area is 153 Å². The van der Waals surface area contributed by atoms with E-state index >= 15 is 0 Å². The normalized spacial score (nSPS) is 12.7. The number of amides is 1. The van der Waals surface area contributed by atoms with E-state index in [1.54, 1.807) is 36.4 Å². The maximum Gasteiger partial charge on any atom is 0.271 e. The molecule has 2 aromatic carbocycles. The first kappa shape index (κ1) is 18.3. The van der Waals surface area contributed by atoms with Crippen LogP contribution in [0.4, 0.5) is 10.1 Å². The number of anilines is 1. The van der Waals surface area contributed by atoms with Gasteiger partial charge in [-0.1, -0.05) is 30.3 Å². The van der Waals surface area contributed by atoms with Gasteiger partial charge in [-0.15, -0.1) is 11.3 Å². The van der Waals surface area contributed by atoms with Crippen molar-refractivity contribution >= 4 is 43.0 Å². The molecule has 0 unspecified atom stereocenters. The monoisotopic (exact) mass is 394 g/mol. The van der Waals surface area contributed by atoms with Gasteiger partial charge in [-0.2, -0.15) is 0 Å². The Morgan fingerprint density at radius 1 is 1.23 bits per heavy atom. The molecule has 3 aromatic rings. The lowest BCUT2D eigenvalue weighted by atomic mass is 10.1. The smallest absolute Gasteiger partial charge is 0.271 e. The van der Waals surface area contributed by atoms with Gasteiger partial charge in [0, 0.05) is 15.5 Å². The number of rotatable bonds is 5. The molecule has 0 fully saturated rings. The van der Waals surface area contributed by atoms with E-state index in [1.165, 1.54) is 34.3 Å². The van der Waals surface area contributed by atoms with Crippen molar-refractivity contribution in [2.45, 2.75) is 6.04 Å². The van der Waals surface area contributed by atoms with Crippen LogP contribution in [0.1, 0.15) is 11.6 Å². The predicted molar refractivity (Wildman–Crippen MR) is 98.2 cm³/mol. The lowest BCUT2D eigenvalue weighted by Gasteiger charge is -2.30. The number of carbonyl (C=O) groups is 1. The first-order chi connectivity index (χ1) is 12.3. The van der Waals surface area contributed by atoms with Crippen LogP contribution in [0, 0.1) is 5.82 Å². The summed E-state index contributed by atoms with van der Waals surface area (Å²) in [6, 6.07) is 11.3. The minimum atomic E-state index is -3.94. The van der Waals surface area contributed by atoms with E-state index in [9.17, 15) is 17.6 Å². The highest BCUT2D eigenvalue weighted by Crippen LogP contribution is 2.34. The number of fused-ring (bicyclic) bond motifs is 1. The molecule has 0 aliphatic carbocycles. The fourth-order valence-corrected chi connectivity index (χ4v) is 4.63. The minimum Gasteiger partial charge on any atom is -0.289 e. The van der Waals surface area contributed by atoms with Crippen molar-refractivity contribution in [2.24, 2.45) is 0 Å². The number of carbonyl (C=O) groups excluding carboxylic acids is 1. The lowest BCUT2D eigenvalue weighted by Crippen LogP contribution is -2.42. The zero-order chi connectivity index (χ0) is 18.9. The van der Waals surface area contributed by atoms with Crippen molar-refractivity contribution in [3.05, 3.63) is 65.3 Å². The predicted octanol–water partition coefficient (Wildman–Crippen LogP) is 3.05. The summed E-state index contributed by atoms with van der Waals surface area (Å²) in [5.74, 6) is -1.39. The molecule has 0 spiro atoms. The summed E-state index contributed by atoms with van der Waals surface area (Å²) in [6.45, 7) is 0. The van der Waals surface area contributed by atoms with E-state index in [4.69, 9.17) is 5.21 Å². The first-order valence-corrected chi connectivity index (χ1v) is 10.2. The standard InChI is InChI=1S/C17H15FN2O4S2/c1-26(23,24)20(12-7-8-15-13(9-12)14(18)10-25-15)16(17(21)19-22)11-5-3-2-4-6-11/h2-10,16,22H,1H3,(H,19,21)/t16-/m1/s1. The quantitative estimate of drug-likeness (QED) is 0.514. The number of sulfonamides is 1. The van der Waals surface area contributed by atoms with Crippen LogP contribution in [0.2, 0.25) is 0 Å². The Hall–Kier alpha value is -2.49. The number of hydrogen-bond acceptors (Lipinski definition) is 5. The van der Waals surface area contributed by atoms with Gasteiger partial charge in [0.1, 0.15) is 5.82 Å². The molecule has 3 rings (SSSR count). The number of hydrogen-bond donors (Lipinski definition) is 2. The highest BCUT2D eigenvalue weighted by Gasteiger charge is 2.34. The van der Waals surface area contributed by atoms with Crippen LogP contribution < -0.4 is 9.79 Å². The summed E-state index contributed by atoms with van der Waals surface area (Å²) in [5.41, 5.74) is 1.99. The SMILES string of the molecule is CS(=O)(=O)N(c1ccc2scc(F)c2c1)[C@@H](C(=O)NO)c1ccccc1. The van der Waals surface area contributed by atoms with Crippen LogP contribution in [0.5, 0.6) is 0 Å². The zero-order valence-electron chi connectivity index (χ0n) is 13.6. The topological polar surface area (TPSA) is 86.7 Å². The van der Waals surface area contributed by atoms with Gasteiger partial charge in [0.15, 0.2) is 6.04 Å². The van der Waals surface area contributed by atoms with Gasteiger partial charge in [-0.3, -0.25) is 14.3 Å². The van der Waals surface area contributed by atoms with Crippen LogP contribution >= 0.6 is 11.3 Å². The summed E-state index contributed by atoms with van der Waals surface area (Å²) >= 11 is 1.20. The Balaban J connectivity index is 2.23. The van der Waals surface area contributed by atoms with E-state index in [-0.39, 0.29) is 11.1 Å². The van der Waals surface area contributed by atoms with Crippen LogP contribution in [0.25, 0.3) is 10.1 Å². The maximum atomic E-state index is 14.0. The van der Waals surface area contributed by atoms with Crippen LogP contribution in [-0.2, 0) is 14.8 Å². The fourth-order valence-electron chi connectivity index (χ4n) is 2.74. The second-order valence-electron chi connectivity index (χ2n) is 5.61. The molecular weight excluding hydrogens is 379 g/mol. The van der Waals surface area contributed by atoms with Gasteiger partial charge in [0.2, 0.25) is 10.0 Å². The molecule has 0 aliphatic heterocycles. The number of hydroxylamine groups is 1. The average molecular weight is 394 g/mol. The number of nitrogens with one attached hydrogen (secondary N) is 1. The second kappa shape index (κ2) is 7.02. The van der Waals surface area contributed by atoms with E-state index in [1.807, 2.05) is 0 Å². The van der Waals surface area contributed by atoms with Crippen molar-refractivity contribution in [1.29, 1.82) is 0 Å². The van der Waals surface area contributed by atoms with Gasteiger partial charge in [0.25, 0.3) is 5.91 Å². The lowest BCUT2D eigenvalue weighted by molar-refractivity contribution is -0.130. The number of thiophene rings is 1. The highest BCUT2D eigenvalue weighted by atomic mass is 32.2. The molecule has 2 N–H and O–H groups in total. The van der Waals surface area contributed by atoms with E-state index in [0.29, 0.717) is 10.3 Å². The molecule has 0 saturated heterocycles. The number of benzene rings is 2. The first-order valence-electron chi connectivity index (χ1n) is 7.48. The molecule has 1 aromatic heterocycles. The largest absolute Gasteiger partial charge is 0.289 e. The van der Waals surface area contributed by atoms with Crippen LogP contribution in [0.15, 0.2) is 53.9 Å². The van der Waals surface area contributed by atoms with E-state index in [2.05, 4.69) is 0 Å². The Bertz CT molecular complexity index is 1050. The van der Waals surface area contributed by atoms with E-state index < -0.39 is 27.8 Å². The summed E-state index contributed by atoms with van der Waals surface area (Å²) < 4.78 is 40.5. The van der Waals surface area contributed by atoms with Gasteiger partial charge in [0.05, 0.1) is 11.9 Å². The highest BCUT2D eigenvalue weighted by molar-refractivity contribution is 7.92. The number of nitrogens with zero attached hydrogens (tertiary/aromatic N) is 1. The minimum absolute atomic E-state index is 0.120. The van der Waals surface area contributed by atoms with E-state index in [0.717, 1.165) is 10.6 Å². The van der Waals surface area contributed by atoms with Crippen molar-refractivity contribution in [1.82, 2.24) is 5.48 Å². The summed E-state index contributed by atoms with van der Waals surface area (Å²) in [4.78, 5) is 12.3. The molecule has 0 aliphatic rings. The molecule has 1 atom stereocenters. The van der Waals surface area contributed by atoms with Gasteiger partial charge in [-0.25, -0.2) is 18.3 Å². The average Bonchev–Trinajstić information content (AvgIpc) is 2.99. The summed E-state index contributed by atoms with van der Waals surface area (Å²) in [5, 5.41) is 10.7. The van der Waals surface area contributed by atoms with Gasteiger partial charge in [-0.05, 0) is 23.8 Å². The molecule has 0 bridgehead atoms. The molecule has 0 radical (unpaired) electrons. The molecule has 1 amide bonds. The zero-order valence-corrected chi connectivity index (χ0v) is 15.2. The molecule has 26 heavy (non-hydrogen) atoms. The van der Waals surface area contributed by atoms with Crippen LogP contribution in [0.3, 0.4) is 0 Å². The van der Waals surface area contributed by atoms with Crippen LogP contribution in [-0.4, -0.2) is 25.8 Å². The third-order valence-electron chi connectivity index (χ3n) is 3.83. The van der Waals surface area contributed by atoms with Gasteiger partial charge < -0.3 is 0 Å². The Morgan fingerprint density at radius 3 is 2.54 bits per heavy atom. The maximum absolute atomic E-state index is 14.0. The molecule has 136 valence electrons. The molecule has 9 heteroatoms. The van der Waals surface area contributed by atoms with Crippen molar-refractivity contribution < 1.29 is 22.8 Å². The fraction of sp³-hybridized carbons (Fsp3) is 0.118. The second-order valence-corrected chi connectivity index (χ2v) is 8.38. The number of halogens is 1. The molecule has 0 saturated carbocycles. The van der Waals surface area contributed by atoms with Crippen molar-refractivity contribution in [2.75, 3.05) is 10.6 Å². The summed E-state index contributed by atoms with van der Waals surface area (Å²) in [7, 11) is -3.94. The van der Waals surface area contributed by atoms with Crippen molar-refractivity contribution in [3.8, 4) is 0 Å². The van der Waals surface area contributed by atoms with Gasteiger partial charge >= 0.3 is 0 Å². The third-order valence-corrected chi connectivity index (χ3v) is 5.90. The summed E-state index contributed by atoms with van der Waals surface area (Å²) in [6.07, 6.45) is 0.946. The van der Waals surface area contributed by atoms with Crippen molar-refractivity contribution in [3.63, 3.8) is 0 Å². The molecule has 1 heterocycles. The third kappa shape index (κ3) is 3.41. The molecular formula is C17H15FN2O4S2. The molecule has 6 nitrogen and oxygen atoms in total. The Morgan fingerprint density at radius 2 is 1.92 bits per heavy atom. The Kier molecular flexibility index (Phi) is 4.94.